The molecule has 0 nitrogen and oxygen atoms in total. The zero-order chi connectivity index (χ0) is 4.99. The first-order valence-corrected chi connectivity index (χ1v) is 2.90. The predicted molar refractivity (Wildman–Crippen MR) is 38.7 cm³/mol. The van der Waals surface area contributed by atoms with Crippen molar-refractivity contribution in [3.8, 4) is 0 Å². The van der Waals surface area contributed by atoms with Gasteiger partial charge in [0.2, 0.25) is 0 Å². The SMILES string of the molecule is CCC(C)CCl.[MgH2]. The zero-order valence-electron chi connectivity index (χ0n) is 4.37. The normalized spacial score (nSPS) is 12.4. The third-order valence-electron chi connectivity index (χ3n) is 0.960. The molecule has 0 amide bonds. The lowest BCUT2D eigenvalue weighted by Crippen LogP contribution is -1.90. The maximum Gasteiger partial charge on any atom is 0.316 e. The quantitative estimate of drug-likeness (QED) is 0.394. The van der Waals surface area contributed by atoms with Gasteiger partial charge in [0.15, 0.2) is 0 Å². The van der Waals surface area contributed by atoms with Crippen molar-refractivity contribution in [1.82, 2.24) is 0 Å². The van der Waals surface area contributed by atoms with Crippen LogP contribution in [0.25, 0.3) is 0 Å². The lowest BCUT2D eigenvalue weighted by Gasteiger charge is -1.97. The molecule has 7 heavy (non-hydrogen) atoms. The van der Waals surface area contributed by atoms with E-state index in [0.717, 1.165) is 5.88 Å². The summed E-state index contributed by atoms with van der Waals surface area (Å²) >= 11 is 5.45. The number of rotatable bonds is 2. The summed E-state index contributed by atoms with van der Waals surface area (Å²) in [4.78, 5) is 0. The maximum absolute atomic E-state index is 5.45. The summed E-state index contributed by atoms with van der Waals surface area (Å²) in [6.07, 6.45) is 1.20. The maximum atomic E-state index is 5.45. The Balaban J connectivity index is 0. The van der Waals surface area contributed by atoms with E-state index in [2.05, 4.69) is 13.8 Å². The van der Waals surface area contributed by atoms with E-state index in [4.69, 9.17) is 11.6 Å². The molecule has 0 aliphatic rings. The molecule has 1 atom stereocenters. The minimum Gasteiger partial charge on any atom is -0.126 e. The van der Waals surface area contributed by atoms with Crippen molar-refractivity contribution in [2.75, 3.05) is 5.88 Å². The topological polar surface area (TPSA) is 0 Å². The molecule has 0 fully saturated rings. The monoisotopic (exact) mass is 132 g/mol. The fraction of sp³-hybridized carbons (Fsp3) is 1.00. The molecule has 0 aliphatic heterocycles. The number of alkyl halides is 1. The van der Waals surface area contributed by atoms with Crippen molar-refractivity contribution in [2.45, 2.75) is 20.3 Å². The van der Waals surface area contributed by atoms with Crippen LogP contribution >= 0.6 is 11.6 Å². The molecule has 0 N–H and O–H groups in total. The van der Waals surface area contributed by atoms with Crippen molar-refractivity contribution in [3.63, 3.8) is 0 Å². The molecule has 42 valence electrons. The largest absolute Gasteiger partial charge is 0.316 e. The molecule has 0 saturated carbocycles. The molecule has 0 aromatic heterocycles. The summed E-state index contributed by atoms with van der Waals surface area (Å²) in [5.74, 6) is 1.50. The third-order valence-corrected chi connectivity index (χ3v) is 1.49. The van der Waals surface area contributed by atoms with Gasteiger partial charge < -0.3 is 0 Å². The Morgan fingerprint density at radius 1 is 1.57 bits per heavy atom. The van der Waals surface area contributed by atoms with Gasteiger partial charge in [0.1, 0.15) is 0 Å². The van der Waals surface area contributed by atoms with E-state index >= 15 is 0 Å². The van der Waals surface area contributed by atoms with Gasteiger partial charge in [-0.15, -0.1) is 11.6 Å². The second kappa shape index (κ2) is 7.06. The van der Waals surface area contributed by atoms with Gasteiger partial charge in [0.25, 0.3) is 0 Å². The third kappa shape index (κ3) is 7.06. The Bertz CT molecular complexity index is 27.3. The van der Waals surface area contributed by atoms with Gasteiger partial charge in [-0.05, 0) is 5.92 Å². The Kier molecular flexibility index (Phi) is 11.0. The first-order chi connectivity index (χ1) is 2.81. The van der Waals surface area contributed by atoms with Gasteiger partial charge in [0.05, 0.1) is 0 Å². The number of halogens is 1. The van der Waals surface area contributed by atoms with Crippen molar-refractivity contribution < 1.29 is 0 Å². The molecule has 0 bridgehead atoms. The minimum absolute atomic E-state index is 0. The van der Waals surface area contributed by atoms with Gasteiger partial charge in [-0.3, -0.25) is 0 Å². The Morgan fingerprint density at radius 3 is 2.00 bits per heavy atom. The lowest BCUT2D eigenvalue weighted by atomic mass is 10.2. The van der Waals surface area contributed by atoms with Gasteiger partial charge in [-0.25, -0.2) is 0 Å². The molecule has 0 radical (unpaired) electrons. The molecular weight excluding hydrogens is 120 g/mol. The smallest absolute Gasteiger partial charge is 0.126 e. The Morgan fingerprint density at radius 2 is 2.00 bits per heavy atom. The molecule has 1 unspecified atom stereocenters. The fourth-order valence-corrected chi connectivity index (χ4v) is 0.327. The second-order valence-electron chi connectivity index (χ2n) is 1.67. The average molecular weight is 133 g/mol. The van der Waals surface area contributed by atoms with Crippen LogP contribution in [0.5, 0.6) is 0 Å². The van der Waals surface area contributed by atoms with Crippen molar-refractivity contribution in [3.05, 3.63) is 0 Å². The Hall–Kier alpha value is 1.06. The molecule has 0 aliphatic carbocycles. The average Bonchev–Trinajstić information content (AvgIpc) is 1.65. The van der Waals surface area contributed by atoms with Crippen LogP contribution in [0.2, 0.25) is 0 Å². The molecule has 2 heteroatoms. The molecule has 0 aromatic rings. The highest BCUT2D eigenvalue weighted by molar-refractivity contribution is 6.18. The summed E-state index contributed by atoms with van der Waals surface area (Å²) < 4.78 is 0. The predicted octanol–water partition coefficient (Wildman–Crippen LogP) is 1.36. The highest BCUT2D eigenvalue weighted by Gasteiger charge is 1.90. The van der Waals surface area contributed by atoms with Crippen LogP contribution in [0.1, 0.15) is 20.3 Å². The van der Waals surface area contributed by atoms with Crippen LogP contribution in [0.4, 0.5) is 0 Å². The van der Waals surface area contributed by atoms with Crippen LogP contribution in [-0.4, -0.2) is 28.9 Å². The first kappa shape index (κ1) is 10.9. The van der Waals surface area contributed by atoms with E-state index in [1.807, 2.05) is 0 Å². The fourth-order valence-electron chi connectivity index (χ4n) is 0.109. The molecule has 0 saturated heterocycles. The molecule has 0 rings (SSSR count). The minimum atomic E-state index is 0. The van der Waals surface area contributed by atoms with Crippen LogP contribution in [0, 0.1) is 5.92 Å². The van der Waals surface area contributed by atoms with Crippen LogP contribution < -0.4 is 0 Å². The molecular formula is C5H13ClMg. The highest BCUT2D eigenvalue weighted by atomic mass is 35.5. The van der Waals surface area contributed by atoms with Gasteiger partial charge in [-0.2, -0.15) is 0 Å². The summed E-state index contributed by atoms with van der Waals surface area (Å²) in [6, 6.07) is 0. The molecule has 0 heterocycles. The van der Waals surface area contributed by atoms with E-state index < -0.39 is 0 Å². The molecule has 0 aromatic carbocycles. The number of hydrogen-bond acceptors (Lipinski definition) is 0. The van der Waals surface area contributed by atoms with Crippen molar-refractivity contribution >= 4 is 34.7 Å². The lowest BCUT2D eigenvalue weighted by molar-refractivity contribution is 0.633. The van der Waals surface area contributed by atoms with Crippen LogP contribution in [0.15, 0.2) is 0 Å². The van der Waals surface area contributed by atoms with Gasteiger partial charge in [0, 0.05) is 5.88 Å². The van der Waals surface area contributed by atoms with E-state index in [0.29, 0.717) is 5.92 Å². The van der Waals surface area contributed by atoms with E-state index in [9.17, 15) is 0 Å². The highest BCUT2D eigenvalue weighted by Crippen LogP contribution is 2.00. The standard InChI is InChI=1S/C5H11Cl.Mg.2H/c1-3-5(2)4-6;;;/h5H,3-4H2,1-2H3;;;. The summed E-state index contributed by atoms with van der Waals surface area (Å²) in [6.45, 7) is 4.29. The van der Waals surface area contributed by atoms with E-state index in [1.54, 1.807) is 0 Å². The first-order valence-electron chi connectivity index (χ1n) is 2.37. The van der Waals surface area contributed by atoms with Crippen molar-refractivity contribution in [1.29, 1.82) is 0 Å². The van der Waals surface area contributed by atoms with Crippen LogP contribution in [0.3, 0.4) is 0 Å². The summed E-state index contributed by atoms with van der Waals surface area (Å²) in [7, 11) is 0. The molecule has 0 spiro atoms. The van der Waals surface area contributed by atoms with Crippen LogP contribution in [-0.2, 0) is 0 Å². The summed E-state index contributed by atoms with van der Waals surface area (Å²) in [5.41, 5.74) is 0. The van der Waals surface area contributed by atoms with Gasteiger partial charge >= 0.3 is 23.1 Å². The zero-order valence-corrected chi connectivity index (χ0v) is 5.13. The summed E-state index contributed by atoms with van der Waals surface area (Å²) in [5, 5.41) is 0. The van der Waals surface area contributed by atoms with E-state index in [1.165, 1.54) is 6.42 Å². The van der Waals surface area contributed by atoms with E-state index in [-0.39, 0.29) is 23.1 Å². The number of hydrogen-bond donors (Lipinski definition) is 0. The van der Waals surface area contributed by atoms with Crippen molar-refractivity contribution in [2.24, 2.45) is 5.92 Å². The van der Waals surface area contributed by atoms with Gasteiger partial charge in [-0.1, -0.05) is 20.3 Å². The second-order valence-corrected chi connectivity index (χ2v) is 1.98. The Labute approximate surface area is 66.8 Å².